The van der Waals surface area contributed by atoms with Crippen LogP contribution in [0, 0.1) is 15.9 Å². The van der Waals surface area contributed by atoms with Gasteiger partial charge in [-0.3, -0.25) is 10.1 Å². The minimum absolute atomic E-state index is 0.333. The number of nitro groups is 1. The van der Waals surface area contributed by atoms with Crippen LogP contribution >= 0.6 is 0 Å². The summed E-state index contributed by atoms with van der Waals surface area (Å²) in [4.78, 5) is 9.60. The monoisotopic (exact) mass is 227 g/mol. The lowest BCUT2D eigenvalue weighted by Crippen LogP contribution is -1.98. The second kappa shape index (κ2) is 6.05. The van der Waals surface area contributed by atoms with Crippen LogP contribution in [-0.2, 0) is 0 Å². The third-order valence-corrected chi connectivity index (χ3v) is 2.13. The van der Waals surface area contributed by atoms with Crippen molar-refractivity contribution in [2.75, 3.05) is 6.61 Å². The van der Waals surface area contributed by atoms with Gasteiger partial charge in [0.1, 0.15) is 5.75 Å². The number of nitro benzene ring substituents is 1. The van der Waals surface area contributed by atoms with Gasteiger partial charge in [0.2, 0.25) is 5.82 Å². The molecule has 0 atom stereocenters. The fourth-order valence-corrected chi connectivity index (χ4v) is 1.27. The van der Waals surface area contributed by atoms with Crippen LogP contribution in [0.25, 0.3) is 0 Å². The molecule has 0 heterocycles. The molecule has 0 spiro atoms. The van der Waals surface area contributed by atoms with Gasteiger partial charge in [0.25, 0.3) is 0 Å². The van der Waals surface area contributed by atoms with E-state index in [1.807, 2.05) is 0 Å². The molecule has 0 radical (unpaired) electrons. The van der Waals surface area contributed by atoms with Crippen LogP contribution in [0.2, 0.25) is 0 Å². The van der Waals surface area contributed by atoms with E-state index in [-0.39, 0.29) is 0 Å². The van der Waals surface area contributed by atoms with Crippen LogP contribution in [-0.4, -0.2) is 11.5 Å². The largest absolute Gasteiger partial charge is 0.493 e. The first kappa shape index (κ1) is 12.4. The second-order valence-electron chi connectivity index (χ2n) is 3.43. The van der Waals surface area contributed by atoms with Crippen molar-refractivity contribution >= 4 is 5.69 Å². The maximum Gasteiger partial charge on any atom is 0.305 e. The lowest BCUT2D eigenvalue weighted by Gasteiger charge is -2.05. The Bertz CT molecular complexity index is 368. The molecule has 4 nitrogen and oxygen atoms in total. The zero-order valence-electron chi connectivity index (χ0n) is 9.11. The number of benzene rings is 1. The van der Waals surface area contributed by atoms with E-state index in [2.05, 4.69) is 6.92 Å². The Balaban J connectivity index is 2.56. The Morgan fingerprint density at radius 1 is 1.44 bits per heavy atom. The summed E-state index contributed by atoms with van der Waals surface area (Å²) in [5.74, 6) is -0.530. The van der Waals surface area contributed by atoms with Gasteiger partial charge in [0.15, 0.2) is 0 Å². The number of hydrogen-bond donors (Lipinski definition) is 0. The molecular formula is C11H14FNO3. The molecule has 1 rings (SSSR count). The van der Waals surface area contributed by atoms with Crippen LogP contribution in [0.1, 0.15) is 26.2 Å². The third-order valence-electron chi connectivity index (χ3n) is 2.13. The molecule has 16 heavy (non-hydrogen) atoms. The Kier molecular flexibility index (Phi) is 4.69. The molecule has 0 saturated heterocycles. The van der Waals surface area contributed by atoms with Crippen molar-refractivity contribution < 1.29 is 14.1 Å². The summed E-state index contributed by atoms with van der Waals surface area (Å²) in [5.41, 5.74) is -0.527. The van der Waals surface area contributed by atoms with Crippen LogP contribution in [0.15, 0.2) is 18.2 Å². The van der Waals surface area contributed by atoms with Crippen molar-refractivity contribution in [3.05, 3.63) is 34.1 Å². The van der Waals surface area contributed by atoms with E-state index < -0.39 is 16.4 Å². The maximum absolute atomic E-state index is 13.2. The predicted molar refractivity (Wildman–Crippen MR) is 58.1 cm³/mol. The highest BCUT2D eigenvalue weighted by molar-refractivity contribution is 5.37. The number of hydrogen-bond acceptors (Lipinski definition) is 3. The third kappa shape index (κ3) is 3.49. The average Bonchev–Trinajstić information content (AvgIpc) is 2.24. The van der Waals surface area contributed by atoms with Crippen LogP contribution < -0.4 is 4.74 Å². The first-order chi connectivity index (χ1) is 7.65. The van der Waals surface area contributed by atoms with Crippen LogP contribution in [0.3, 0.4) is 0 Å². The summed E-state index contributed by atoms with van der Waals surface area (Å²) >= 11 is 0. The SMILES string of the molecule is CCCCCOc1ccc([N+](=O)[O-])c(F)c1. The standard InChI is InChI=1S/C11H14FNO3/c1-2-3-4-7-16-9-5-6-11(13(14)15)10(12)8-9/h5-6,8H,2-4,7H2,1H3. The van der Waals surface area contributed by atoms with Gasteiger partial charge in [0.05, 0.1) is 11.5 Å². The van der Waals surface area contributed by atoms with Crippen molar-refractivity contribution in [3.63, 3.8) is 0 Å². The summed E-state index contributed by atoms with van der Waals surface area (Å²) in [5, 5.41) is 10.4. The van der Waals surface area contributed by atoms with Gasteiger partial charge in [-0.15, -0.1) is 0 Å². The highest BCUT2D eigenvalue weighted by atomic mass is 19.1. The van der Waals surface area contributed by atoms with Crippen molar-refractivity contribution in [1.82, 2.24) is 0 Å². The van der Waals surface area contributed by atoms with E-state index in [1.54, 1.807) is 0 Å². The Labute approximate surface area is 93.2 Å². The van der Waals surface area contributed by atoms with Gasteiger partial charge in [-0.2, -0.15) is 4.39 Å². The molecule has 0 N–H and O–H groups in total. The van der Waals surface area contributed by atoms with Crippen molar-refractivity contribution in [3.8, 4) is 5.75 Å². The molecule has 0 fully saturated rings. The van der Waals surface area contributed by atoms with Crippen molar-refractivity contribution in [2.24, 2.45) is 0 Å². The van der Waals surface area contributed by atoms with Crippen LogP contribution in [0.5, 0.6) is 5.75 Å². The zero-order chi connectivity index (χ0) is 12.0. The number of halogens is 1. The molecule has 0 aliphatic rings. The Morgan fingerprint density at radius 3 is 2.75 bits per heavy atom. The predicted octanol–water partition coefficient (Wildman–Crippen LogP) is 3.30. The summed E-state index contributed by atoms with van der Waals surface area (Å²) in [6.45, 7) is 2.58. The van der Waals surface area contributed by atoms with E-state index >= 15 is 0 Å². The average molecular weight is 227 g/mol. The normalized spacial score (nSPS) is 10.1. The van der Waals surface area contributed by atoms with Gasteiger partial charge in [0, 0.05) is 12.1 Å². The van der Waals surface area contributed by atoms with E-state index in [4.69, 9.17) is 4.74 Å². The number of nitrogens with zero attached hydrogens (tertiary/aromatic N) is 1. The molecule has 1 aromatic rings. The van der Waals surface area contributed by atoms with Crippen molar-refractivity contribution in [2.45, 2.75) is 26.2 Å². The van der Waals surface area contributed by atoms with E-state index in [9.17, 15) is 14.5 Å². The molecule has 0 aliphatic heterocycles. The fraction of sp³-hybridized carbons (Fsp3) is 0.455. The highest BCUT2D eigenvalue weighted by Gasteiger charge is 2.13. The molecule has 1 aromatic carbocycles. The minimum atomic E-state index is -0.863. The Hall–Kier alpha value is -1.65. The van der Waals surface area contributed by atoms with E-state index in [0.29, 0.717) is 12.4 Å². The Morgan fingerprint density at radius 2 is 2.19 bits per heavy atom. The van der Waals surface area contributed by atoms with Crippen molar-refractivity contribution in [1.29, 1.82) is 0 Å². The maximum atomic E-state index is 13.2. The van der Waals surface area contributed by atoms with Crippen LogP contribution in [0.4, 0.5) is 10.1 Å². The topological polar surface area (TPSA) is 52.4 Å². The fourth-order valence-electron chi connectivity index (χ4n) is 1.27. The molecular weight excluding hydrogens is 213 g/mol. The van der Waals surface area contributed by atoms with E-state index in [1.165, 1.54) is 6.07 Å². The molecule has 88 valence electrons. The number of rotatable bonds is 6. The van der Waals surface area contributed by atoms with Gasteiger partial charge >= 0.3 is 5.69 Å². The van der Waals surface area contributed by atoms with Gasteiger partial charge in [-0.1, -0.05) is 19.8 Å². The number of ether oxygens (including phenoxy) is 1. The summed E-state index contributed by atoms with van der Waals surface area (Å²) < 4.78 is 18.4. The first-order valence-corrected chi connectivity index (χ1v) is 5.22. The quantitative estimate of drug-likeness (QED) is 0.425. The molecule has 0 saturated carbocycles. The minimum Gasteiger partial charge on any atom is -0.493 e. The molecule has 5 heteroatoms. The summed E-state index contributed by atoms with van der Waals surface area (Å²) in [7, 11) is 0. The summed E-state index contributed by atoms with van der Waals surface area (Å²) in [6.07, 6.45) is 3.03. The number of unbranched alkanes of at least 4 members (excludes halogenated alkanes) is 2. The smallest absolute Gasteiger partial charge is 0.305 e. The van der Waals surface area contributed by atoms with Gasteiger partial charge < -0.3 is 4.74 Å². The lowest BCUT2D eigenvalue weighted by molar-refractivity contribution is -0.387. The van der Waals surface area contributed by atoms with Gasteiger partial charge in [-0.25, -0.2) is 0 Å². The first-order valence-electron chi connectivity index (χ1n) is 5.22. The molecule has 0 amide bonds. The molecule has 0 aromatic heterocycles. The summed E-state index contributed by atoms with van der Waals surface area (Å²) in [6, 6.07) is 3.57. The molecule has 0 aliphatic carbocycles. The van der Waals surface area contributed by atoms with E-state index in [0.717, 1.165) is 31.4 Å². The highest BCUT2D eigenvalue weighted by Crippen LogP contribution is 2.22. The zero-order valence-corrected chi connectivity index (χ0v) is 9.11. The molecule has 0 bridgehead atoms. The lowest BCUT2D eigenvalue weighted by atomic mass is 10.2. The molecule has 0 unspecified atom stereocenters. The second-order valence-corrected chi connectivity index (χ2v) is 3.43. The van der Waals surface area contributed by atoms with Gasteiger partial charge in [-0.05, 0) is 12.5 Å².